The van der Waals surface area contributed by atoms with Gasteiger partial charge in [0.05, 0.1) is 13.2 Å². The summed E-state index contributed by atoms with van der Waals surface area (Å²) < 4.78 is 12.0. The summed E-state index contributed by atoms with van der Waals surface area (Å²) in [6.07, 6.45) is 5.96. The molecule has 3 rings (SSSR count). The smallest absolute Gasteiger partial charge is 0.170 e. The molecule has 2 saturated carbocycles. The van der Waals surface area contributed by atoms with E-state index in [0.29, 0.717) is 12.1 Å². The minimum absolute atomic E-state index is 0.276. The number of nitrogens with zero attached hydrogens (tertiary/aromatic N) is 1. The van der Waals surface area contributed by atoms with Crippen molar-refractivity contribution in [3.63, 3.8) is 0 Å². The average molecular weight is 282 g/mol. The van der Waals surface area contributed by atoms with Crippen molar-refractivity contribution in [2.75, 3.05) is 26.8 Å². The van der Waals surface area contributed by atoms with Crippen LogP contribution in [0.25, 0.3) is 0 Å². The van der Waals surface area contributed by atoms with Crippen LogP contribution in [-0.4, -0.2) is 55.6 Å². The molecule has 1 aliphatic heterocycles. The van der Waals surface area contributed by atoms with Gasteiger partial charge in [0, 0.05) is 37.5 Å². The van der Waals surface area contributed by atoms with Crippen molar-refractivity contribution in [3.8, 4) is 0 Å². The fourth-order valence-electron chi connectivity index (χ4n) is 3.96. The van der Waals surface area contributed by atoms with Gasteiger partial charge in [-0.15, -0.1) is 0 Å². The van der Waals surface area contributed by atoms with E-state index >= 15 is 0 Å². The van der Waals surface area contributed by atoms with Crippen molar-refractivity contribution in [1.29, 1.82) is 0 Å². The molecule has 1 N–H and O–H groups in total. The van der Waals surface area contributed by atoms with Crippen molar-refractivity contribution in [3.05, 3.63) is 0 Å². The minimum Gasteiger partial charge on any atom is -0.347 e. The Morgan fingerprint density at radius 2 is 1.90 bits per heavy atom. The molecule has 1 saturated heterocycles. The van der Waals surface area contributed by atoms with Gasteiger partial charge in [-0.25, -0.2) is 0 Å². The highest BCUT2D eigenvalue weighted by Gasteiger charge is 2.48. The minimum atomic E-state index is -0.276. The third-order valence-corrected chi connectivity index (χ3v) is 5.02. The zero-order valence-electron chi connectivity index (χ0n) is 13.2. The number of rotatable bonds is 5. The maximum Gasteiger partial charge on any atom is 0.170 e. The van der Waals surface area contributed by atoms with E-state index in [9.17, 15) is 0 Å². The summed E-state index contributed by atoms with van der Waals surface area (Å²) in [7, 11) is 2.10. The van der Waals surface area contributed by atoms with Gasteiger partial charge in [-0.05, 0) is 32.2 Å². The molecule has 2 aliphatic carbocycles. The van der Waals surface area contributed by atoms with Gasteiger partial charge in [0.15, 0.2) is 5.79 Å². The van der Waals surface area contributed by atoms with Crippen LogP contribution in [0.15, 0.2) is 0 Å². The second kappa shape index (κ2) is 5.91. The summed E-state index contributed by atoms with van der Waals surface area (Å²) in [4.78, 5) is 2.75. The van der Waals surface area contributed by atoms with Crippen molar-refractivity contribution < 1.29 is 9.47 Å². The van der Waals surface area contributed by atoms with Gasteiger partial charge in [0.25, 0.3) is 0 Å². The highest BCUT2D eigenvalue weighted by atomic mass is 16.7. The third-order valence-electron chi connectivity index (χ3n) is 5.02. The van der Waals surface area contributed by atoms with Crippen molar-refractivity contribution in [2.24, 2.45) is 5.92 Å². The molecule has 0 aromatic heterocycles. The summed E-state index contributed by atoms with van der Waals surface area (Å²) in [5.41, 5.74) is 0. The molecule has 0 aromatic rings. The quantitative estimate of drug-likeness (QED) is 0.836. The normalized spacial score (nSPS) is 33.5. The lowest BCUT2D eigenvalue weighted by Gasteiger charge is -2.46. The second-order valence-corrected chi connectivity index (χ2v) is 7.13. The first kappa shape index (κ1) is 14.8. The van der Waals surface area contributed by atoms with Crippen LogP contribution in [0.3, 0.4) is 0 Å². The van der Waals surface area contributed by atoms with Crippen LogP contribution in [0, 0.1) is 5.92 Å². The summed E-state index contributed by atoms with van der Waals surface area (Å²) >= 11 is 0. The molecule has 4 nitrogen and oxygen atoms in total. The van der Waals surface area contributed by atoms with Gasteiger partial charge in [0.2, 0.25) is 0 Å². The predicted molar refractivity (Wildman–Crippen MR) is 79.7 cm³/mol. The van der Waals surface area contributed by atoms with Gasteiger partial charge in [-0.2, -0.15) is 0 Å². The zero-order valence-corrected chi connectivity index (χ0v) is 13.2. The molecule has 3 aliphatic rings. The molecule has 2 atom stereocenters. The van der Waals surface area contributed by atoms with E-state index in [4.69, 9.17) is 9.47 Å². The molecule has 0 aromatic carbocycles. The Hall–Kier alpha value is -0.160. The Kier molecular flexibility index (Phi) is 4.37. The molecule has 0 radical (unpaired) electrons. The van der Waals surface area contributed by atoms with E-state index in [0.717, 1.165) is 44.4 Å². The lowest BCUT2D eigenvalue weighted by atomic mass is 9.84. The molecule has 116 valence electrons. The molecule has 4 heteroatoms. The van der Waals surface area contributed by atoms with Crippen LogP contribution in [0.2, 0.25) is 0 Å². The lowest BCUT2D eigenvalue weighted by molar-refractivity contribution is -0.194. The number of hydrogen-bond donors (Lipinski definition) is 1. The van der Waals surface area contributed by atoms with E-state index in [1.54, 1.807) is 0 Å². The van der Waals surface area contributed by atoms with Crippen molar-refractivity contribution in [1.82, 2.24) is 10.2 Å². The molecule has 20 heavy (non-hydrogen) atoms. The van der Waals surface area contributed by atoms with E-state index in [1.165, 1.54) is 19.4 Å². The summed E-state index contributed by atoms with van der Waals surface area (Å²) in [6, 6.07) is 1.93. The zero-order chi connectivity index (χ0) is 14.2. The van der Waals surface area contributed by atoms with Gasteiger partial charge < -0.3 is 14.8 Å². The Bertz CT molecular complexity index is 324. The number of likely N-dealkylation sites (N-methyl/N-ethyl adjacent to an activating group) is 1. The summed E-state index contributed by atoms with van der Waals surface area (Å²) in [6.45, 7) is 7.38. The standard InChI is InChI=1S/C16H30N2O2/c1-12(2)11-18(13-4-5-13)15-10-16(19-8-9-20-16)7-6-14(15)17-3/h12-15,17H,4-11H2,1-3H3. The Balaban J connectivity index is 1.74. The molecule has 0 bridgehead atoms. The molecular formula is C16H30N2O2. The van der Waals surface area contributed by atoms with E-state index < -0.39 is 0 Å². The van der Waals surface area contributed by atoms with E-state index in [2.05, 4.69) is 31.1 Å². The van der Waals surface area contributed by atoms with Crippen molar-refractivity contribution >= 4 is 0 Å². The molecule has 2 unspecified atom stereocenters. The monoisotopic (exact) mass is 282 g/mol. The fourth-order valence-corrected chi connectivity index (χ4v) is 3.96. The maximum atomic E-state index is 5.98. The van der Waals surface area contributed by atoms with Gasteiger partial charge >= 0.3 is 0 Å². The van der Waals surface area contributed by atoms with Crippen LogP contribution in [0.5, 0.6) is 0 Å². The largest absolute Gasteiger partial charge is 0.347 e. The third kappa shape index (κ3) is 3.03. The highest BCUT2D eigenvalue weighted by Crippen LogP contribution is 2.41. The molecule has 3 fully saturated rings. The van der Waals surface area contributed by atoms with Crippen LogP contribution in [0.4, 0.5) is 0 Å². The highest BCUT2D eigenvalue weighted by molar-refractivity contribution is 5.00. The predicted octanol–water partition coefficient (Wildman–Crippen LogP) is 1.99. The fraction of sp³-hybridized carbons (Fsp3) is 1.00. The first-order valence-corrected chi connectivity index (χ1v) is 8.34. The SMILES string of the molecule is CNC1CCC2(CC1N(CC(C)C)C1CC1)OCCO2. The second-order valence-electron chi connectivity index (χ2n) is 7.13. The maximum absolute atomic E-state index is 5.98. The number of nitrogens with one attached hydrogen (secondary N) is 1. The first-order valence-electron chi connectivity index (χ1n) is 8.34. The van der Waals surface area contributed by atoms with E-state index in [-0.39, 0.29) is 5.79 Å². The van der Waals surface area contributed by atoms with Crippen LogP contribution in [-0.2, 0) is 9.47 Å². The topological polar surface area (TPSA) is 33.7 Å². The molecule has 1 spiro atoms. The van der Waals surface area contributed by atoms with Crippen molar-refractivity contribution in [2.45, 2.75) is 69.9 Å². The Morgan fingerprint density at radius 3 is 2.45 bits per heavy atom. The van der Waals surface area contributed by atoms with Gasteiger partial charge in [-0.3, -0.25) is 4.90 Å². The Labute approximate surface area is 123 Å². The van der Waals surface area contributed by atoms with Crippen LogP contribution >= 0.6 is 0 Å². The van der Waals surface area contributed by atoms with Gasteiger partial charge in [-0.1, -0.05) is 13.8 Å². The summed E-state index contributed by atoms with van der Waals surface area (Å²) in [5, 5.41) is 3.54. The lowest BCUT2D eigenvalue weighted by Crippen LogP contribution is -2.58. The number of hydrogen-bond acceptors (Lipinski definition) is 4. The van der Waals surface area contributed by atoms with Crippen LogP contribution in [0.1, 0.15) is 46.0 Å². The Morgan fingerprint density at radius 1 is 1.20 bits per heavy atom. The van der Waals surface area contributed by atoms with Crippen LogP contribution < -0.4 is 5.32 Å². The molecule has 1 heterocycles. The molecule has 0 amide bonds. The average Bonchev–Trinajstić information content (AvgIpc) is 3.18. The number of ether oxygens (including phenoxy) is 2. The molecular weight excluding hydrogens is 252 g/mol. The first-order chi connectivity index (χ1) is 9.63. The summed E-state index contributed by atoms with van der Waals surface area (Å²) in [5.74, 6) is 0.443. The van der Waals surface area contributed by atoms with Gasteiger partial charge in [0.1, 0.15) is 0 Å². The van der Waals surface area contributed by atoms with E-state index in [1.807, 2.05) is 0 Å².